The molecule has 4 heteroatoms. The van der Waals surface area contributed by atoms with Gasteiger partial charge in [0, 0.05) is 26.2 Å². The molecule has 0 aliphatic carbocycles. The lowest BCUT2D eigenvalue weighted by atomic mass is 9.96. The average Bonchev–Trinajstić information content (AvgIpc) is 2.54. The van der Waals surface area contributed by atoms with Crippen LogP contribution in [0.2, 0.25) is 0 Å². The summed E-state index contributed by atoms with van der Waals surface area (Å²) < 4.78 is 0. The van der Waals surface area contributed by atoms with Gasteiger partial charge in [-0.2, -0.15) is 0 Å². The van der Waals surface area contributed by atoms with Gasteiger partial charge in [-0.05, 0) is 37.8 Å². The molecule has 22 heavy (non-hydrogen) atoms. The van der Waals surface area contributed by atoms with Crippen LogP contribution in [-0.2, 0) is 11.3 Å². The number of rotatable bonds is 6. The van der Waals surface area contributed by atoms with E-state index in [2.05, 4.69) is 42.2 Å². The maximum Gasteiger partial charge on any atom is 0.239 e. The fourth-order valence-electron chi connectivity index (χ4n) is 3.21. The number of nitrogens with two attached hydrogens (primary N) is 1. The number of carbonyl (C=O) groups is 1. The molecule has 0 aromatic heterocycles. The van der Waals surface area contributed by atoms with E-state index in [-0.39, 0.29) is 11.9 Å². The smallest absolute Gasteiger partial charge is 0.239 e. The van der Waals surface area contributed by atoms with Gasteiger partial charge >= 0.3 is 0 Å². The molecule has 1 aliphatic heterocycles. The predicted octanol–water partition coefficient (Wildman–Crippen LogP) is 2.09. The Morgan fingerprint density at radius 1 is 1.41 bits per heavy atom. The molecule has 0 bridgehead atoms. The molecule has 1 fully saturated rings. The van der Waals surface area contributed by atoms with Crippen molar-refractivity contribution >= 4 is 5.91 Å². The highest BCUT2D eigenvalue weighted by atomic mass is 16.2. The van der Waals surface area contributed by atoms with Crippen LogP contribution in [-0.4, -0.2) is 47.9 Å². The van der Waals surface area contributed by atoms with Crippen LogP contribution in [0.5, 0.6) is 0 Å². The highest BCUT2D eigenvalue weighted by Gasteiger charge is 2.26. The summed E-state index contributed by atoms with van der Waals surface area (Å²) in [7, 11) is 0. The second kappa shape index (κ2) is 8.30. The van der Waals surface area contributed by atoms with Crippen LogP contribution in [0.4, 0.5) is 0 Å². The number of amides is 1. The number of hydrogen-bond acceptors (Lipinski definition) is 3. The largest absolute Gasteiger partial charge is 0.341 e. The van der Waals surface area contributed by atoms with Crippen LogP contribution in [0.3, 0.4) is 0 Å². The van der Waals surface area contributed by atoms with Gasteiger partial charge in [-0.25, -0.2) is 0 Å². The van der Waals surface area contributed by atoms with Crippen LogP contribution in [0.15, 0.2) is 30.3 Å². The SMILES string of the molecule is CCN(Cc1ccccc1)C[C@H]1CCCN(C(=O)[C@H](C)N)C1. The lowest BCUT2D eigenvalue weighted by Crippen LogP contribution is -2.48. The van der Waals surface area contributed by atoms with Crippen LogP contribution >= 0.6 is 0 Å². The van der Waals surface area contributed by atoms with Gasteiger partial charge in [0.1, 0.15) is 0 Å². The van der Waals surface area contributed by atoms with E-state index >= 15 is 0 Å². The third-order valence-electron chi connectivity index (χ3n) is 4.43. The van der Waals surface area contributed by atoms with Crippen molar-refractivity contribution in [3.63, 3.8) is 0 Å². The summed E-state index contributed by atoms with van der Waals surface area (Å²) in [4.78, 5) is 16.5. The minimum atomic E-state index is -0.384. The zero-order chi connectivity index (χ0) is 15.9. The summed E-state index contributed by atoms with van der Waals surface area (Å²) in [5, 5.41) is 0. The van der Waals surface area contributed by atoms with Crippen molar-refractivity contribution in [3.05, 3.63) is 35.9 Å². The predicted molar refractivity (Wildman–Crippen MR) is 90.3 cm³/mol. The van der Waals surface area contributed by atoms with Gasteiger partial charge in [-0.3, -0.25) is 9.69 Å². The third kappa shape index (κ3) is 4.82. The van der Waals surface area contributed by atoms with Crippen molar-refractivity contribution in [2.75, 3.05) is 26.2 Å². The molecule has 1 aromatic rings. The van der Waals surface area contributed by atoms with Crippen LogP contribution in [0, 0.1) is 5.92 Å². The maximum absolute atomic E-state index is 12.1. The Morgan fingerprint density at radius 2 is 2.14 bits per heavy atom. The Hall–Kier alpha value is -1.39. The first-order valence-corrected chi connectivity index (χ1v) is 8.40. The van der Waals surface area contributed by atoms with Crippen molar-refractivity contribution in [3.8, 4) is 0 Å². The fraction of sp³-hybridized carbons (Fsp3) is 0.611. The van der Waals surface area contributed by atoms with Crippen molar-refractivity contribution in [2.24, 2.45) is 11.7 Å². The molecule has 2 N–H and O–H groups in total. The van der Waals surface area contributed by atoms with E-state index in [1.54, 1.807) is 6.92 Å². The monoisotopic (exact) mass is 303 g/mol. The van der Waals surface area contributed by atoms with Crippen molar-refractivity contribution in [2.45, 2.75) is 39.3 Å². The molecule has 1 saturated heterocycles. The summed E-state index contributed by atoms with van der Waals surface area (Å²) in [6.45, 7) is 8.76. The molecule has 0 radical (unpaired) electrons. The summed E-state index contributed by atoms with van der Waals surface area (Å²) in [6.07, 6.45) is 2.29. The van der Waals surface area contributed by atoms with E-state index in [0.29, 0.717) is 5.92 Å². The van der Waals surface area contributed by atoms with Crippen LogP contribution in [0.25, 0.3) is 0 Å². The first kappa shape index (κ1) is 17.0. The number of piperidine rings is 1. The molecule has 2 atom stereocenters. The highest BCUT2D eigenvalue weighted by Crippen LogP contribution is 2.19. The Labute approximate surface area is 134 Å². The van der Waals surface area contributed by atoms with Crippen molar-refractivity contribution < 1.29 is 4.79 Å². The number of nitrogens with zero attached hydrogens (tertiary/aromatic N) is 2. The van der Waals surface area contributed by atoms with E-state index in [1.165, 1.54) is 12.0 Å². The van der Waals surface area contributed by atoms with Gasteiger partial charge in [-0.1, -0.05) is 37.3 Å². The van der Waals surface area contributed by atoms with Gasteiger partial charge in [0.15, 0.2) is 0 Å². The minimum absolute atomic E-state index is 0.0933. The molecule has 122 valence electrons. The topological polar surface area (TPSA) is 49.6 Å². The molecule has 1 aliphatic rings. The Balaban J connectivity index is 1.89. The number of likely N-dealkylation sites (tertiary alicyclic amines) is 1. The van der Waals surface area contributed by atoms with Crippen LogP contribution < -0.4 is 5.73 Å². The molecule has 0 spiro atoms. The van der Waals surface area contributed by atoms with Gasteiger partial charge in [0.05, 0.1) is 6.04 Å². The average molecular weight is 303 g/mol. The molecule has 4 nitrogen and oxygen atoms in total. The Morgan fingerprint density at radius 3 is 2.77 bits per heavy atom. The molecular formula is C18H29N3O. The van der Waals surface area contributed by atoms with Crippen molar-refractivity contribution in [1.29, 1.82) is 0 Å². The maximum atomic E-state index is 12.1. The zero-order valence-electron chi connectivity index (χ0n) is 13.9. The standard InChI is InChI=1S/C18H29N3O/c1-3-20(12-16-8-5-4-6-9-16)13-17-10-7-11-21(14-17)18(22)15(2)19/h4-6,8-9,15,17H,3,7,10-14,19H2,1-2H3/t15-,17+/m0/s1. The van der Waals surface area contributed by atoms with E-state index in [0.717, 1.165) is 39.1 Å². The first-order chi connectivity index (χ1) is 10.6. The number of benzene rings is 1. The minimum Gasteiger partial charge on any atom is -0.341 e. The quantitative estimate of drug-likeness (QED) is 0.875. The molecule has 1 aromatic carbocycles. The third-order valence-corrected chi connectivity index (χ3v) is 4.43. The summed E-state index contributed by atoms with van der Waals surface area (Å²) in [5.41, 5.74) is 7.09. The summed E-state index contributed by atoms with van der Waals surface area (Å²) in [5.74, 6) is 0.649. The van der Waals surface area contributed by atoms with Crippen LogP contribution in [0.1, 0.15) is 32.3 Å². The van der Waals surface area contributed by atoms with E-state index < -0.39 is 0 Å². The second-order valence-electron chi connectivity index (χ2n) is 6.39. The van der Waals surface area contributed by atoms with E-state index in [9.17, 15) is 4.79 Å². The number of hydrogen-bond donors (Lipinski definition) is 1. The van der Waals surface area contributed by atoms with E-state index in [1.807, 2.05) is 4.90 Å². The number of carbonyl (C=O) groups excluding carboxylic acids is 1. The molecule has 1 heterocycles. The molecular weight excluding hydrogens is 274 g/mol. The van der Waals surface area contributed by atoms with E-state index in [4.69, 9.17) is 5.73 Å². The molecule has 1 amide bonds. The van der Waals surface area contributed by atoms with Gasteiger partial charge in [0.25, 0.3) is 0 Å². The van der Waals surface area contributed by atoms with Gasteiger partial charge in [0.2, 0.25) is 5.91 Å². The zero-order valence-corrected chi connectivity index (χ0v) is 13.9. The summed E-state index contributed by atoms with van der Waals surface area (Å²) in [6, 6.07) is 10.2. The van der Waals surface area contributed by atoms with Crippen molar-refractivity contribution in [1.82, 2.24) is 9.80 Å². The molecule has 2 rings (SSSR count). The molecule has 0 saturated carbocycles. The fourth-order valence-corrected chi connectivity index (χ4v) is 3.21. The lowest BCUT2D eigenvalue weighted by Gasteiger charge is -2.36. The van der Waals surface area contributed by atoms with Gasteiger partial charge < -0.3 is 10.6 Å². The second-order valence-corrected chi connectivity index (χ2v) is 6.39. The Kier molecular flexibility index (Phi) is 6.40. The summed E-state index contributed by atoms with van der Waals surface area (Å²) >= 11 is 0. The normalized spacial score (nSPS) is 20.2. The van der Waals surface area contributed by atoms with Gasteiger partial charge in [-0.15, -0.1) is 0 Å². The molecule has 0 unspecified atom stereocenters. The Bertz CT molecular complexity index is 461. The first-order valence-electron chi connectivity index (χ1n) is 8.40. The highest BCUT2D eigenvalue weighted by molar-refractivity contribution is 5.81. The lowest BCUT2D eigenvalue weighted by molar-refractivity contribution is -0.134.